The lowest BCUT2D eigenvalue weighted by molar-refractivity contribution is -0.135. The monoisotopic (exact) mass is 241 g/mol. The second-order valence-electron chi connectivity index (χ2n) is 4.89. The van der Waals surface area contributed by atoms with Gasteiger partial charge < -0.3 is 10.1 Å². The van der Waals surface area contributed by atoms with Crippen molar-refractivity contribution in [2.75, 3.05) is 12.4 Å². The van der Waals surface area contributed by atoms with Crippen LogP contribution in [0, 0.1) is 0 Å². The minimum Gasteiger partial charge on any atom is -0.465 e. The molecule has 18 heavy (non-hydrogen) atoms. The molecule has 0 saturated heterocycles. The molecule has 3 nitrogen and oxygen atoms in total. The van der Waals surface area contributed by atoms with Gasteiger partial charge in [-0.15, -0.1) is 0 Å². The number of rotatable bonds is 1. The Morgan fingerprint density at radius 2 is 2.17 bits per heavy atom. The standard InChI is InChI=1S/C15H15NO2/c1-15-9-5-6-10(14(17)18-2)13(15)16-12-8-4-3-7-11(12)15/h3-8,16H,9H2,1-2H3/t15-/m1/s1. The average molecular weight is 241 g/mol. The first kappa shape index (κ1) is 11.1. The number of anilines is 1. The van der Waals surface area contributed by atoms with Crippen LogP contribution in [0.25, 0.3) is 0 Å². The molecule has 0 spiro atoms. The van der Waals surface area contributed by atoms with E-state index < -0.39 is 0 Å². The Bertz CT molecular complexity index is 586. The van der Waals surface area contributed by atoms with E-state index in [0.717, 1.165) is 17.8 Å². The molecule has 1 aliphatic heterocycles. The Morgan fingerprint density at radius 3 is 2.94 bits per heavy atom. The Labute approximate surface area is 106 Å². The average Bonchev–Trinajstić information content (AvgIpc) is 2.71. The molecule has 1 N–H and O–H groups in total. The van der Waals surface area contributed by atoms with Gasteiger partial charge in [-0.3, -0.25) is 0 Å². The normalized spacial score (nSPS) is 24.3. The third-order valence-corrected chi connectivity index (χ3v) is 3.82. The highest BCUT2D eigenvalue weighted by atomic mass is 16.5. The van der Waals surface area contributed by atoms with Gasteiger partial charge >= 0.3 is 5.97 Å². The fourth-order valence-electron chi connectivity index (χ4n) is 2.83. The molecule has 0 radical (unpaired) electrons. The number of hydrogen-bond donors (Lipinski definition) is 1. The second-order valence-corrected chi connectivity index (χ2v) is 4.89. The van der Waals surface area contributed by atoms with Gasteiger partial charge in [0.1, 0.15) is 0 Å². The predicted octanol–water partition coefficient (Wildman–Crippen LogP) is 2.76. The third-order valence-electron chi connectivity index (χ3n) is 3.82. The Balaban J connectivity index is 2.19. The molecule has 92 valence electrons. The number of benzene rings is 1. The van der Waals surface area contributed by atoms with Crippen molar-refractivity contribution in [3.05, 3.63) is 53.3 Å². The molecular formula is C15H15NO2. The van der Waals surface area contributed by atoms with Crippen molar-refractivity contribution < 1.29 is 9.53 Å². The van der Waals surface area contributed by atoms with Crippen LogP contribution < -0.4 is 5.32 Å². The summed E-state index contributed by atoms with van der Waals surface area (Å²) in [5, 5.41) is 3.37. The zero-order valence-corrected chi connectivity index (χ0v) is 10.5. The Kier molecular flexibility index (Phi) is 2.30. The van der Waals surface area contributed by atoms with E-state index in [1.54, 1.807) is 0 Å². The van der Waals surface area contributed by atoms with E-state index in [4.69, 9.17) is 4.74 Å². The number of esters is 1. The predicted molar refractivity (Wildman–Crippen MR) is 70.2 cm³/mol. The summed E-state index contributed by atoms with van der Waals surface area (Å²) in [6.45, 7) is 2.16. The van der Waals surface area contributed by atoms with E-state index in [9.17, 15) is 4.79 Å². The number of carbonyl (C=O) groups excluding carboxylic acids is 1. The van der Waals surface area contributed by atoms with E-state index in [1.165, 1.54) is 12.7 Å². The molecule has 1 heterocycles. The van der Waals surface area contributed by atoms with E-state index >= 15 is 0 Å². The lowest BCUT2D eigenvalue weighted by Gasteiger charge is -2.29. The van der Waals surface area contributed by atoms with Crippen LogP contribution in [0.4, 0.5) is 5.69 Å². The van der Waals surface area contributed by atoms with Gasteiger partial charge in [-0.2, -0.15) is 0 Å². The third kappa shape index (κ3) is 1.33. The maximum atomic E-state index is 11.8. The molecule has 0 fully saturated rings. The van der Waals surface area contributed by atoms with E-state index in [-0.39, 0.29) is 11.4 Å². The van der Waals surface area contributed by atoms with Gasteiger partial charge in [-0.25, -0.2) is 4.79 Å². The topological polar surface area (TPSA) is 38.3 Å². The second kappa shape index (κ2) is 3.73. The van der Waals surface area contributed by atoms with E-state index in [2.05, 4.69) is 18.3 Å². The molecule has 1 aromatic rings. The van der Waals surface area contributed by atoms with E-state index in [1.807, 2.05) is 30.4 Å². The molecule has 1 aromatic carbocycles. The molecular weight excluding hydrogens is 226 g/mol. The number of methoxy groups -OCH3 is 1. The fourth-order valence-corrected chi connectivity index (χ4v) is 2.83. The van der Waals surface area contributed by atoms with Gasteiger partial charge in [-0.1, -0.05) is 24.3 Å². The number of ether oxygens (including phenoxy) is 1. The van der Waals surface area contributed by atoms with Crippen LogP contribution >= 0.6 is 0 Å². The maximum absolute atomic E-state index is 11.8. The van der Waals surface area contributed by atoms with Crippen molar-refractivity contribution in [1.29, 1.82) is 0 Å². The zero-order chi connectivity index (χ0) is 12.8. The van der Waals surface area contributed by atoms with Crippen LogP contribution in [0.1, 0.15) is 18.9 Å². The molecule has 2 aliphatic rings. The Morgan fingerprint density at radius 1 is 1.39 bits per heavy atom. The van der Waals surface area contributed by atoms with Gasteiger partial charge in [0.05, 0.1) is 12.7 Å². The molecule has 1 aliphatic carbocycles. The first-order chi connectivity index (χ1) is 8.66. The van der Waals surface area contributed by atoms with Crippen molar-refractivity contribution in [2.45, 2.75) is 18.8 Å². The summed E-state index contributed by atoms with van der Waals surface area (Å²) in [4.78, 5) is 11.8. The molecule has 3 heteroatoms. The number of carbonyl (C=O) groups is 1. The summed E-state index contributed by atoms with van der Waals surface area (Å²) in [6, 6.07) is 8.19. The number of hydrogen-bond acceptors (Lipinski definition) is 3. The van der Waals surface area contributed by atoms with Crippen molar-refractivity contribution in [1.82, 2.24) is 0 Å². The molecule has 0 saturated carbocycles. The molecule has 0 unspecified atom stereocenters. The minimum atomic E-state index is -0.285. The first-order valence-corrected chi connectivity index (χ1v) is 6.03. The zero-order valence-electron chi connectivity index (χ0n) is 10.5. The summed E-state index contributed by atoms with van der Waals surface area (Å²) in [7, 11) is 1.41. The number of fused-ring (bicyclic) bond motifs is 3. The van der Waals surface area contributed by atoms with Gasteiger partial charge in [-0.05, 0) is 31.1 Å². The lowest BCUT2D eigenvalue weighted by atomic mass is 9.75. The van der Waals surface area contributed by atoms with Crippen molar-refractivity contribution in [3.63, 3.8) is 0 Å². The van der Waals surface area contributed by atoms with Gasteiger partial charge in [0.2, 0.25) is 0 Å². The SMILES string of the molecule is COC(=O)C1=C2Nc3ccccc3[C@@]2(C)CC=C1. The van der Waals surface area contributed by atoms with Crippen molar-refractivity contribution >= 4 is 11.7 Å². The summed E-state index contributed by atoms with van der Waals surface area (Å²) in [6.07, 6.45) is 4.79. The summed E-state index contributed by atoms with van der Waals surface area (Å²) in [5.74, 6) is -0.285. The van der Waals surface area contributed by atoms with E-state index in [0.29, 0.717) is 5.57 Å². The quantitative estimate of drug-likeness (QED) is 0.768. The molecule has 0 aromatic heterocycles. The number of nitrogens with one attached hydrogen (secondary N) is 1. The van der Waals surface area contributed by atoms with Crippen LogP contribution in [0.15, 0.2) is 47.7 Å². The molecule has 0 amide bonds. The van der Waals surface area contributed by atoms with Crippen LogP contribution in [0.2, 0.25) is 0 Å². The van der Waals surface area contributed by atoms with Gasteiger partial charge in [0, 0.05) is 16.8 Å². The summed E-state index contributed by atoms with van der Waals surface area (Å²) < 4.78 is 4.85. The van der Waals surface area contributed by atoms with Crippen LogP contribution in [-0.4, -0.2) is 13.1 Å². The summed E-state index contributed by atoms with van der Waals surface area (Å²) >= 11 is 0. The number of allylic oxidation sites excluding steroid dienone is 2. The summed E-state index contributed by atoms with van der Waals surface area (Å²) in [5.41, 5.74) is 3.76. The molecule has 0 bridgehead atoms. The lowest BCUT2D eigenvalue weighted by Crippen LogP contribution is -2.27. The molecule has 1 atom stereocenters. The molecule has 3 rings (SSSR count). The smallest absolute Gasteiger partial charge is 0.339 e. The van der Waals surface area contributed by atoms with Crippen molar-refractivity contribution in [3.8, 4) is 0 Å². The van der Waals surface area contributed by atoms with Crippen LogP contribution in [-0.2, 0) is 14.9 Å². The Hall–Kier alpha value is -2.03. The highest BCUT2D eigenvalue weighted by Gasteiger charge is 2.42. The largest absolute Gasteiger partial charge is 0.465 e. The minimum absolute atomic E-state index is 0.144. The van der Waals surface area contributed by atoms with Gasteiger partial charge in [0.25, 0.3) is 0 Å². The van der Waals surface area contributed by atoms with Gasteiger partial charge in [0.15, 0.2) is 0 Å². The highest BCUT2D eigenvalue weighted by molar-refractivity contribution is 5.95. The van der Waals surface area contributed by atoms with Crippen LogP contribution in [0.5, 0.6) is 0 Å². The van der Waals surface area contributed by atoms with Crippen molar-refractivity contribution in [2.24, 2.45) is 0 Å². The fraction of sp³-hybridized carbons (Fsp3) is 0.267. The van der Waals surface area contributed by atoms with Crippen LogP contribution in [0.3, 0.4) is 0 Å². The first-order valence-electron chi connectivity index (χ1n) is 6.03. The highest BCUT2D eigenvalue weighted by Crippen LogP contribution is 2.48. The number of para-hydroxylation sites is 1. The maximum Gasteiger partial charge on any atom is 0.339 e.